The molecule has 5 heteroatoms. The molecule has 1 aromatic carbocycles. The third-order valence-electron chi connectivity index (χ3n) is 1.89. The fourth-order valence-corrected chi connectivity index (χ4v) is 1.25. The molecule has 0 spiro atoms. The van der Waals surface area contributed by atoms with Crippen molar-refractivity contribution >= 4 is 17.6 Å². The van der Waals surface area contributed by atoms with Gasteiger partial charge in [-0.2, -0.15) is 0 Å². The minimum absolute atomic E-state index is 0.314. The van der Waals surface area contributed by atoms with E-state index in [4.69, 9.17) is 5.73 Å². The molecule has 5 nitrogen and oxygen atoms in total. The van der Waals surface area contributed by atoms with Crippen LogP contribution in [0.5, 0.6) is 0 Å². The van der Waals surface area contributed by atoms with Crippen LogP contribution in [0.4, 0.5) is 10.5 Å². The Morgan fingerprint density at radius 2 is 1.88 bits per heavy atom. The van der Waals surface area contributed by atoms with Gasteiger partial charge in [-0.05, 0) is 39.0 Å². The van der Waals surface area contributed by atoms with Crippen LogP contribution < -0.4 is 16.4 Å². The zero-order valence-corrected chi connectivity index (χ0v) is 10.2. The molecule has 17 heavy (non-hydrogen) atoms. The van der Waals surface area contributed by atoms with E-state index in [1.165, 1.54) is 6.07 Å². The maximum Gasteiger partial charge on any atom is 0.319 e. The Hall–Kier alpha value is -2.04. The molecule has 0 saturated carbocycles. The van der Waals surface area contributed by atoms with Gasteiger partial charge in [-0.25, -0.2) is 4.79 Å². The number of hydrogen-bond donors (Lipinski definition) is 3. The maximum atomic E-state index is 11.6. The lowest BCUT2D eigenvalue weighted by molar-refractivity contribution is 0.1000. The molecule has 0 aromatic heterocycles. The molecule has 0 bridgehead atoms. The van der Waals surface area contributed by atoms with Gasteiger partial charge in [0.15, 0.2) is 0 Å². The molecule has 92 valence electrons. The summed E-state index contributed by atoms with van der Waals surface area (Å²) in [4.78, 5) is 22.5. The highest BCUT2D eigenvalue weighted by Gasteiger charge is 2.13. The smallest absolute Gasteiger partial charge is 0.319 e. The number of primary amides is 1. The molecular formula is C12H17N3O2. The Bertz CT molecular complexity index is 436. The maximum absolute atomic E-state index is 11.6. The zero-order valence-electron chi connectivity index (χ0n) is 10.2. The molecule has 0 heterocycles. The van der Waals surface area contributed by atoms with Crippen molar-refractivity contribution in [2.75, 3.05) is 5.32 Å². The molecule has 1 rings (SSSR count). The molecule has 0 radical (unpaired) electrons. The van der Waals surface area contributed by atoms with E-state index in [-0.39, 0.29) is 11.6 Å². The van der Waals surface area contributed by atoms with Crippen LogP contribution in [0.1, 0.15) is 31.1 Å². The first-order chi connectivity index (χ1) is 7.78. The number of carbonyl (C=O) groups is 2. The van der Waals surface area contributed by atoms with Gasteiger partial charge < -0.3 is 16.4 Å². The SMILES string of the molecule is CC(C)(C)NC(=O)Nc1cccc(C(N)=O)c1. The minimum atomic E-state index is -0.523. The van der Waals surface area contributed by atoms with Crippen LogP contribution in [-0.4, -0.2) is 17.5 Å². The largest absolute Gasteiger partial charge is 0.366 e. The molecule has 0 saturated heterocycles. The van der Waals surface area contributed by atoms with Crippen molar-refractivity contribution in [1.29, 1.82) is 0 Å². The number of nitrogens with one attached hydrogen (secondary N) is 2. The molecule has 3 amide bonds. The highest BCUT2D eigenvalue weighted by molar-refractivity contribution is 5.95. The first-order valence-corrected chi connectivity index (χ1v) is 5.27. The van der Waals surface area contributed by atoms with E-state index in [0.717, 1.165) is 0 Å². The number of urea groups is 1. The first-order valence-electron chi connectivity index (χ1n) is 5.27. The summed E-state index contributed by atoms with van der Waals surface area (Å²) in [6, 6.07) is 6.15. The van der Waals surface area contributed by atoms with Crippen molar-refractivity contribution < 1.29 is 9.59 Å². The first kappa shape index (κ1) is 13.0. The Balaban J connectivity index is 2.72. The number of rotatable bonds is 2. The Morgan fingerprint density at radius 3 is 2.41 bits per heavy atom. The monoisotopic (exact) mass is 235 g/mol. The van der Waals surface area contributed by atoms with E-state index >= 15 is 0 Å². The summed E-state index contributed by atoms with van der Waals surface area (Å²) in [5, 5.41) is 5.39. The molecule has 1 aromatic rings. The summed E-state index contributed by atoms with van der Waals surface area (Å²) >= 11 is 0. The van der Waals surface area contributed by atoms with Crippen LogP contribution in [0, 0.1) is 0 Å². The van der Waals surface area contributed by atoms with Gasteiger partial charge >= 0.3 is 6.03 Å². The van der Waals surface area contributed by atoms with Crippen LogP contribution in [0.3, 0.4) is 0 Å². The highest BCUT2D eigenvalue weighted by atomic mass is 16.2. The van der Waals surface area contributed by atoms with Gasteiger partial charge in [0.05, 0.1) is 0 Å². The van der Waals surface area contributed by atoms with E-state index < -0.39 is 5.91 Å². The summed E-state index contributed by atoms with van der Waals surface area (Å²) in [5.74, 6) is -0.523. The summed E-state index contributed by atoms with van der Waals surface area (Å²) in [5.41, 5.74) is 5.72. The van der Waals surface area contributed by atoms with E-state index in [0.29, 0.717) is 11.3 Å². The van der Waals surface area contributed by atoms with Crippen molar-refractivity contribution in [3.63, 3.8) is 0 Å². The average Bonchev–Trinajstić information content (AvgIpc) is 2.14. The molecule has 0 unspecified atom stereocenters. The highest BCUT2D eigenvalue weighted by Crippen LogP contribution is 2.10. The van der Waals surface area contributed by atoms with E-state index in [1.54, 1.807) is 18.2 Å². The molecular weight excluding hydrogens is 218 g/mol. The predicted octanol–water partition coefficient (Wildman–Crippen LogP) is 1.71. The van der Waals surface area contributed by atoms with Crippen LogP contribution in [0.2, 0.25) is 0 Å². The summed E-state index contributed by atoms with van der Waals surface area (Å²) in [6.07, 6.45) is 0. The lowest BCUT2D eigenvalue weighted by Crippen LogP contribution is -2.43. The molecule has 0 aliphatic rings. The van der Waals surface area contributed by atoms with Crippen molar-refractivity contribution in [2.24, 2.45) is 5.73 Å². The fourth-order valence-electron chi connectivity index (χ4n) is 1.25. The lowest BCUT2D eigenvalue weighted by atomic mass is 10.1. The molecule has 4 N–H and O–H groups in total. The van der Waals surface area contributed by atoms with Gasteiger partial charge in [-0.1, -0.05) is 6.07 Å². The van der Waals surface area contributed by atoms with Crippen LogP contribution in [0.15, 0.2) is 24.3 Å². The quantitative estimate of drug-likeness (QED) is 0.729. The number of carbonyl (C=O) groups excluding carboxylic acids is 2. The van der Waals surface area contributed by atoms with Crippen LogP contribution >= 0.6 is 0 Å². The third-order valence-corrected chi connectivity index (χ3v) is 1.89. The third kappa shape index (κ3) is 4.55. The van der Waals surface area contributed by atoms with E-state index in [1.807, 2.05) is 20.8 Å². The number of amides is 3. The molecule has 0 aliphatic carbocycles. The number of hydrogen-bond acceptors (Lipinski definition) is 2. The number of nitrogens with two attached hydrogens (primary N) is 1. The number of benzene rings is 1. The van der Waals surface area contributed by atoms with Crippen molar-refractivity contribution in [3.8, 4) is 0 Å². The predicted molar refractivity (Wildman–Crippen MR) is 66.9 cm³/mol. The molecule has 0 aliphatic heterocycles. The van der Waals surface area contributed by atoms with Gasteiger partial charge in [0.25, 0.3) is 0 Å². The summed E-state index contributed by atoms with van der Waals surface area (Å²) in [7, 11) is 0. The minimum Gasteiger partial charge on any atom is -0.366 e. The van der Waals surface area contributed by atoms with Crippen LogP contribution in [0.25, 0.3) is 0 Å². The van der Waals surface area contributed by atoms with Gasteiger partial charge in [0.2, 0.25) is 5.91 Å². The van der Waals surface area contributed by atoms with Gasteiger partial charge in [-0.3, -0.25) is 4.79 Å². The van der Waals surface area contributed by atoms with Crippen molar-refractivity contribution in [1.82, 2.24) is 5.32 Å². The van der Waals surface area contributed by atoms with Crippen molar-refractivity contribution in [2.45, 2.75) is 26.3 Å². The Morgan fingerprint density at radius 1 is 1.24 bits per heavy atom. The topological polar surface area (TPSA) is 84.2 Å². The van der Waals surface area contributed by atoms with E-state index in [2.05, 4.69) is 10.6 Å². The molecule has 0 atom stereocenters. The van der Waals surface area contributed by atoms with Crippen molar-refractivity contribution in [3.05, 3.63) is 29.8 Å². The van der Waals surface area contributed by atoms with Gasteiger partial charge in [0.1, 0.15) is 0 Å². The van der Waals surface area contributed by atoms with Gasteiger partial charge in [-0.15, -0.1) is 0 Å². The summed E-state index contributed by atoms with van der Waals surface area (Å²) in [6.45, 7) is 5.64. The second-order valence-electron chi connectivity index (χ2n) is 4.77. The number of anilines is 1. The zero-order chi connectivity index (χ0) is 13.1. The normalized spacial score (nSPS) is 10.8. The average molecular weight is 235 g/mol. The molecule has 0 fully saturated rings. The Labute approximate surface area is 100 Å². The second kappa shape index (κ2) is 4.86. The second-order valence-corrected chi connectivity index (χ2v) is 4.77. The lowest BCUT2D eigenvalue weighted by Gasteiger charge is -2.20. The van der Waals surface area contributed by atoms with Gasteiger partial charge in [0, 0.05) is 16.8 Å². The summed E-state index contributed by atoms with van der Waals surface area (Å²) < 4.78 is 0. The Kier molecular flexibility index (Phi) is 3.73. The standard InChI is InChI=1S/C12H17N3O2/c1-12(2,3)15-11(17)14-9-6-4-5-8(7-9)10(13)16/h4-7H,1-3H3,(H2,13,16)(H2,14,15,17). The van der Waals surface area contributed by atoms with E-state index in [9.17, 15) is 9.59 Å². The van der Waals surface area contributed by atoms with Crippen LogP contribution in [-0.2, 0) is 0 Å². The fraction of sp³-hybridized carbons (Fsp3) is 0.333.